The van der Waals surface area contributed by atoms with Gasteiger partial charge in [0.15, 0.2) is 0 Å². The summed E-state index contributed by atoms with van der Waals surface area (Å²) in [6, 6.07) is 2.90. The number of halogens is 2. The van der Waals surface area contributed by atoms with E-state index >= 15 is 0 Å². The summed E-state index contributed by atoms with van der Waals surface area (Å²) >= 11 is 11.8. The van der Waals surface area contributed by atoms with Crippen molar-refractivity contribution in [2.24, 2.45) is 0 Å². The van der Waals surface area contributed by atoms with Crippen LogP contribution in [0.4, 0.5) is 5.69 Å². The molecule has 0 saturated heterocycles. The number of benzene rings is 1. The van der Waals surface area contributed by atoms with Crippen LogP contribution in [0, 0.1) is 0 Å². The summed E-state index contributed by atoms with van der Waals surface area (Å²) in [5.74, 6) is -1.57. The number of hydrogen-bond acceptors (Lipinski definition) is 4. The van der Waals surface area contributed by atoms with Crippen LogP contribution in [-0.2, 0) is 4.79 Å². The molecule has 1 unspecified atom stereocenters. The van der Waals surface area contributed by atoms with Gasteiger partial charge in [0.2, 0.25) is 0 Å². The molecule has 96 valence electrons. The SMILES string of the molecule is O=C1C(=O)N(CC(O)CO)c2c(Cl)ccc(Cl)c21. The number of carbonyl (C=O) groups is 2. The molecule has 1 atom stereocenters. The molecule has 18 heavy (non-hydrogen) atoms. The summed E-state index contributed by atoms with van der Waals surface area (Å²) in [7, 11) is 0. The fourth-order valence-corrected chi connectivity index (χ4v) is 2.29. The van der Waals surface area contributed by atoms with E-state index in [4.69, 9.17) is 28.3 Å². The highest BCUT2D eigenvalue weighted by molar-refractivity contribution is 6.57. The lowest BCUT2D eigenvalue weighted by Gasteiger charge is -2.20. The van der Waals surface area contributed by atoms with Gasteiger partial charge in [0.25, 0.3) is 11.7 Å². The van der Waals surface area contributed by atoms with E-state index in [9.17, 15) is 14.7 Å². The van der Waals surface area contributed by atoms with E-state index in [1.165, 1.54) is 12.1 Å². The number of aliphatic hydroxyl groups excluding tert-OH is 2. The van der Waals surface area contributed by atoms with Gasteiger partial charge in [-0.2, -0.15) is 0 Å². The van der Waals surface area contributed by atoms with Gasteiger partial charge in [0, 0.05) is 0 Å². The molecule has 1 aliphatic rings. The Balaban J connectivity index is 2.51. The van der Waals surface area contributed by atoms with Gasteiger partial charge in [0.05, 0.1) is 40.6 Å². The molecule has 0 aromatic heterocycles. The van der Waals surface area contributed by atoms with E-state index in [0.717, 1.165) is 4.90 Å². The zero-order valence-electron chi connectivity index (χ0n) is 9.06. The fraction of sp³-hybridized carbons (Fsp3) is 0.273. The molecule has 0 bridgehead atoms. The first-order valence-electron chi connectivity index (χ1n) is 5.10. The maximum absolute atomic E-state index is 11.8. The van der Waals surface area contributed by atoms with E-state index in [1.807, 2.05) is 0 Å². The minimum Gasteiger partial charge on any atom is -0.394 e. The van der Waals surface area contributed by atoms with Gasteiger partial charge in [-0.05, 0) is 12.1 Å². The van der Waals surface area contributed by atoms with Crippen LogP contribution in [0.5, 0.6) is 0 Å². The molecule has 7 heteroatoms. The van der Waals surface area contributed by atoms with E-state index in [0.29, 0.717) is 0 Å². The van der Waals surface area contributed by atoms with Crippen molar-refractivity contribution in [3.8, 4) is 0 Å². The van der Waals surface area contributed by atoms with Gasteiger partial charge in [0.1, 0.15) is 0 Å². The van der Waals surface area contributed by atoms with Crippen molar-refractivity contribution >= 4 is 40.6 Å². The minimum atomic E-state index is -1.15. The van der Waals surface area contributed by atoms with Gasteiger partial charge in [-0.3, -0.25) is 9.59 Å². The minimum absolute atomic E-state index is 0.0410. The molecule has 0 radical (unpaired) electrons. The Morgan fingerprint density at radius 1 is 1.22 bits per heavy atom. The number of hydrogen-bond donors (Lipinski definition) is 2. The first kappa shape index (κ1) is 13.3. The molecule has 1 aliphatic heterocycles. The maximum atomic E-state index is 11.8. The zero-order chi connectivity index (χ0) is 13.4. The van der Waals surface area contributed by atoms with Crippen LogP contribution in [-0.4, -0.2) is 41.2 Å². The van der Waals surface area contributed by atoms with Crippen LogP contribution in [0.3, 0.4) is 0 Å². The summed E-state index contributed by atoms with van der Waals surface area (Å²) in [5, 5.41) is 18.5. The number of β-amino-alcohol motifs (C(OH)–C–C–N with tert-alkyl or cyclic N) is 1. The highest BCUT2D eigenvalue weighted by Gasteiger charge is 2.39. The molecule has 0 aliphatic carbocycles. The summed E-state index contributed by atoms with van der Waals surface area (Å²) in [6.45, 7) is -0.736. The predicted molar refractivity (Wildman–Crippen MR) is 66.2 cm³/mol. The number of nitrogens with zero attached hydrogens (tertiary/aromatic N) is 1. The second-order valence-corrected chi connectivity index (χ2v) is 4.65. The van der Waals surface area contributed by atoms with Crippen molar-refractivity contribution < 1.29 is 19.8 Å². The van der Waals surface area contributed by atoms with Crippen LogP contribution in [0.15, 0.2) is 12.1 Å². The van der Waals surface area contributed by atoms with Gasteiger partial charge in [-0.1, -0.05) is 23.2 Å². The molecule has 1 aromatic carbocycles. The molecule has 0 fully saturated rings. The number of aliphatic hydroxyl groups is 2. The van der Waals surface area contributed by atoms with Crippen molar-refractivity contribution in [3.63, 3.8) is 0 Å². The third-order valence-corrected chi connectivity index (χ3v) is 3.24. The molecule has 0 spiro atoms. The van der Waals surface area contributed by atoms with Crippen LogP contribution >= 0.6 is 23.2 Å². The number of Topliss-reactive ketones (excluding diaryl/α,β-unsaturated/α-hetero) is 1. The number of ketones is 1. The summed E-state index contributed by atoms with van der Waals surface area (Å²) in [5.41, 5.74) is 0.228. The summed E-state index contributed by atoms with van der Waals surface area (Å²) in [4.78, 5) is 24.6. The Morgan fingerprint density at radius 2 is 1.83 bits per heavy atom. The molecule has 2 N–H and O–H groups in total. The molecule has 1 aromatic rings. The first-order chi connectivity index (χ1) is 8.47. The first-order valence-corrected chi connectivity index (χ1v) is 5.86. The van der Waals surface area contributed by atoms with Gasteiger partial charge in [-0.15, -0.1) is 0 Å². The van der Waals surface area contributed by atoms with Crippen LogP contribution in [0.25, 0.3) is 0 Å². The Labute approximate surface area is 113 Å². The normalized spacial score (nSPS) is 16.1. The molecular weight excluding hydrogens is 281 g/mol. The average Bonchev–Trinajstić information content (AvgIpc) is 2.60. The molecule has 1 amide bonds. The Kier molecular flexibility index (Phi) is 3.59. The molecule has 1 heterocycles. The largest absolute Gasteiger partial charge is 0.394 e. The van der Waals surface area contributed by atoms with Crippen LogP contribution in [0.1, 0.15) is 10.4 Å². The van der Waals surface area contributed by atoms with E-state index < -0.39 is 24.4 Å². The number of amides is 1. The van der Waals surface area contributed by atoms with Crippen LogP contribution in [0.2, 0.25) is 10.0 Å². The molecule has 5 nitrogen and oxygen atoms in total. The third-order valence-electron chi connectivity index (χ3n) is 2.62. The summed E-state index contributed by atoms with van der Waals surface area (Å²) < 4.78 is 0. The highest BCUT2D eigenvalue weighted by Crippen LogP contribution is 2.39. The maximum Gasteiger partial charge on any atom is 0.299 e. The quantitative estimate of drug-likeness (QED) is 0.810. The van der Waals surface area contributed by atoms with Gasteiger partial charge in [-0.25, -0.2) is 0 Å². The van der Waals surface area contributed by atoms with Crippen molar-refractivity contribution in [2.45, 2.75) is 6.10 Å². The Morgan fingerprint density at radius 3 is 2.44 bits per heavy atom. The molecular formula is C11H9Cl2NO4. The molecule has 0 saturated carbocycles. The lowest BCUT2D eigenvalue weighted by Crippen LogP contribution is -2.38. The predicted octanol–water partition coefficient (Wildman–Crippen LogP) is 0.876. The second kappa shape index (κ2) is 4.85. The van der Waals surface area contributed by atoms with Gasteiger partial charge < -0.3 is 15.1 Å². The van der Waals surface area contributed by atoms with Crippen molar-refractivity contribution in [3.05, 3.63) is 27.7 Å². The molecule has 2 rings (SSSR count). The van der Waals surface area contributed by atoms with Crippen molar-refractivity contribution in [2.75, 3.05) is 18.1 Å². The number of anilines is 1. The zero-order valence-corrected chi connectivity index (χ0v) is 10.6. The average molecular weight is 290 g/mol. The van der Waals surface area contributed by atoms with E-state index in [2.05, 4.69) is 0 Å². The van der Waals surface area contributed by atoms with Crippen molar-refractivity contribution in [1.29, 1.82) is 0 Å². The lowest BCUT2D eigenvalue weighted by atomic mass is 10.1. The highest BCUT2D eigenvalue weighted by atomic mass is 35.5. The number of rotatable bonds is 3. The number of fused-ring (bicyclic) bond motifs is 1. The monoisotopic (exact) mass is 289 g/mol. The number of carbonyl (C=O) groups excluding carboxylic acids is 2. The van der Waals surface area contributed by atoms with Crippen LogP contribution < -0.4 is 4.90 Å². The van der Waals surface area contributed by atoms with Gasteiger partial charge >= 0.3 is 0 Å². The smallest absolute Gasteiger partial charge is 0.299 e. The Bertz CT molecular complexity index is 532. The third kappa shape index (κ3) is 1.99. The summed E-state index contributed by atoms with van der Waals surface area (Å²) in [6.07, 6.45) is -1.15. The Hall–Kier alpha value is -1.14. The van der Waals surface area contributed by atoms with Crippen molar-refractivity contribution in [1.82, 2.24) is 0 Å². The lowest BCUT2D eigenvalue weighted by molar-refractivity contribution is -0.114. The van der Waals surface area contributed by atoms with E-state index in [-0.39, 0.29) is 27.8 Å². The topological polar surface area (TPSA) is 77.8 Å². The standard InChI is InChI=1S/C11H9Cl2NO4/c12-6-1-2-7(13)9-8(6)10(17)11(18)14(9)3-5(16)4-15/h1-2,5,15-16H,3-4H2. The second-order valence-electron chi connectivity index (χ2n) is 3.83. The fourth-order valence-electron chi connectivity index (χ4n) is 1.79. The van der Waals surface area contributed by atoms with E-state index in [1.54, 1.807) is 0 Å².